The van der Waals surface area contributed by atoms with Crippen molar-refractivity contribution in [3.05, 3.63) is 107 Å². The normalized spacial score (nSPS) is 15.5. The fourth-order valence-corrected chi connectivity index (χ4v) is 6.07. The van der Waals surface area contributed by atoms with Gasteiger partial charge in [0.05, 0.1) is 29.3 Å². The van der Waals surface area contributed by atoms with E-state index in [9.17, 15) is 18.0 Å². The van der Waals surface area contributed by atoms with E-state index < -0.39 is 17.6 Å². The van der Waals surface area contributed by atoms with E-state index in [4.69, 9.17) is 4.74 Å². The topological polar surface area (TPSA) is 92.0 Å². The van der Waals surface area contributed by atoms with Crippen LogP contribution < -0.4 is 10.6 Å². The van der Waals surface area contributed by atoms with Gasteiger partial charge in [-0.15, -0.1) is 0 Å². The fraction of sp³-hybridized carbons (Fsp3) is 0.342. The molecular weight excluding hydrogens is 657 g/mol. The Bertz CT molecular complexity index is 2080. The van der Waals surface area contributed by atoms with Crippen LogP contribution in [0.25, 0.3) is 5.65 Å². The predicted octanol–water partition coefficient (Wildman–Crippen LogP) is 6.43. The maximum absolute atomic E-state index is 14.2. The Labute approximate surface area is 295 Å². The SMILES string of the molecule is COCCCn1cc(Nc2cccn3c(C#Cc4cc(C(=O)Nc5ccc(CN6CCN(C)[C@@H](C)C6)c(C(F)(F)F)c5)ccc4C)cnc23)cn1. The standard InChI is InChI=1S/C38H41F3N8O2/c1-26-8-9-29(37(50)45-31-12-10-30(34(20-31)38(39,40)41)24-47-17-16-46(3)27(2)23-47)19-28(26)11-13-33-22-42-36-35(7-5-15-49(33)36)44-32-21-43-48(25-32)14-6-18-51-4/h5,7-10,12,15,19-22,25,27,44H,6,14,16-18,23-24H2,1-4H3,(H,45,50)/t27-/m0/s1. The number of imidazole rings is 1. The summed E-state index contributed by atoms with van der Waals surface area (Å²) in [5, 5.41) is 10.4. The number of hydrogen-bond acceptors (Lipinski definition) is 7. The molecule has 266 valence electrons. The van der Waals surface area contributed by atoms with E-state index >= 15 is 0 Å². The van der Waals surface area contributed by atoms with Gasteiger partial charge in [0.15, 0.2) is 5.65 Å². The number of pyridine rings is 1. The van der Waals surface area contributed by atoms with Gasteiger partial charge in [0.2, 0.25) is 0 Å². The summed E-state index contributed by atoms with van der Waals surface area (Å²) in [5.41, 5.74) is 4.18. The number of hydrogen-bond donors (Lipinski definition) is 2. The lowest BCUT2D eigenvalue weighted by Gasteiger charge is -2.38. The molecule has 0 bridgehead atoms. The van der Waals surface area contributed by atoms with Crippen molar-refractivity contribution in [2.75, 3.05) is 51.0 Å². The molecule has 1 aliphatic rings. The number of aryl methyl sites for hydroxylation is 2. The molecule has 1 amide bonds. The van der Waals surface area contributed by atoms with Crippen LogP contribution in [-0.2, 0) is 24.0 Å². The number of carbonyl (C=O) groups is 1. The van der Waals surface area contributed by atoms with Crippen LogP contribution in [-0.4, -0.2) is 81.3 Å². The van der Waals surface area contributed by atoms with E-state index in [2.05, 4.69) is 44.4 Å². The molecule has 1 fully saturated rings. The van der Waals surface area contributed by atoms with E-state index in [1.165, 1.54) is 12.1 Å². The van der Waals surface area contributed by atoms with E-state index in [-0.39, 0.29) is 29.4 Å². The van der Waals surface area contributed by atoms with Crippen LogP contribution in [0, 0.1) is 18.8 Å². The highest BCUT2D eigenvalue weighted by atomic mass is 19.4. The zero-order valence-electron chi connectivity index (χ0n) is 29.1. The number of fused-ring (bicyclic) bond motifs is 1. The van der Waals surface area contributed by atoms with Gasteiger partial charge in [0.1, 0.15) is 5.69 Å². The van der Waals surface area contributed by atoms with Crippen molar-refractivity contribution in [1.29, 1.82) is 0 Å². The molecule has 1 saturated heterocycles. The second-order valence-electron chi connectivity index (χ2n) is 12.9. The Hall–Kier alpha value is -5.16. The van der Waals surface area contributed by atoms with Gasteiger partial charge in [-0.3, -0.25) is 18.8 Å². The van der Waals surface area contributed by atoms with Gasteiger partial charge in [0.25, 0.3) is 5.91 Å². The molecule has 13 heteroatoms. The molecule has 6 rings (SSSR count). The van der Waals surface area contributed by atoms with Gasteiger partial charge < -0.3 is 20.3 Å². The Morgan fingerprint density at radius 2 is 1.92 bits per heavy atom. The molecule has 1 aliphatic heterocycles. The van der Waals surface area contributed by atoms with Crippen LogP contribution in [0.15, 0.2) is 73.3 Å². The number of methoxy groups -OCH3 is 1. The molecule has 1 atom stereocenters. The third-order valence-electron chi connectivity index (χ3n) is 9.12. The smallest absolute Gasteiger partial charge is 0.385 e. The highest BCUT2D eigenvalue weighted by Gasteiger charge is 2.34. The number of ether oxygens (including phenoxy) is 1. The number of anilines is 3. The van der Waals surface area contributed by atoms with Gasteiger partial charge in [-0.2, -0.15) is 18.3 Å². The van der Waals surface area contributed by atoms with E-state index in [0.29, 0.717) is 36.6 Å². The first-order chi connectivity index (χ1) is 24.5. The zero-order chi connectivity index (χ0) is 36.1. The van der Waals surface area contributed by atoms with E-state index in [1.807, 2.05) is 52.5 Å². The van der Waals surface area contributed by atoms with Crippen molar-refractivity contribution in [2.45, 2.75) is 45.6 Å². The van der Waals surface area contributed by atoms with Crippen LogP contribution in [0.3, 0.4) is 0 Å². The third-order valence-corrected chi connectivity index (χ3v) is 9.12. The molecule has 0 radical (unpaired) electrons. The molecular formula is C38H41F3N8O2. The number of rotatable bonds is 10. The second kappa shape index (κ2) is 15.4. The molecule has 0 saturated carbocycles. The van der Waals surface area contributed by atoms with Crippen molar-refractivity contribution >= 4 is 28.6 Å². The van der Waals surface area contributed by atoms with Gasteiger partial charge in [0, 0.05) is 81.7 Å². The summed E-state index contributed by atoms with van der Waals surface area (Å²) >= 11 is 0. The first-order valence-electron chi connectivity index (χ1n) is 16.8. The summed E-state index contributed by atoms with van der Waals surface area (Å²) in [4.78, 5) is 22.1. The number of likely N-dealkylation sites (N-methyl/N-ethyl adjacent to an activating group) is 1. The monoisotopic (exact) mass is 698 g/mol. The van der Waals surface area contributed by atoms with Gasteiger partial charge >= 0.3 is 6.18 Å². The van der Waals surface area contributed by atoms with Crippen LogP contribution in [0.4, 0.5) is 30.2 Å². The minimum atomic E-state index is -4.57. The highest BCUT2D eigenvalue weighted by molar-refractivity contribution is 6.04. The summed E-state index contributed by atoms with van der Waals surface area (Å²) in [6.07, 6.45) is 3.52. The number of nitrogens with zero attached hydrogens (tertiary/aromatic N) is 6. The number of alkyl halides is 3. The lowest BCUT2D eigenvalue weighted by Crippen LogP contribution is -2.49. The van der Waals surface area contributed by atoms with Crippen molar-refractivity contribution in [3.63, 3.8) is 0 Å². The van der Waals surface area contributed by atoms with Crippen LogP contribution >= 0.6 is 0 Å². The minimum absolute atomic E-state index is 0.0737. The molecule has 10 nitrogen and oxygen atoms in total. The number of halogens is 3. The Morgan fingerprint density at radius 1 is 1.08 bits per heavy atom. The van der Waals surface area contributed by atoms with Crippen molar-refractivity contribution in [2.24, 2.45) is 0 Å². The number of amides is 1. The van der Waals surface area contributed by atoms with Crippen molar-refractivity contribution < 1.29 is 22.7 Å². The summed E-state index contributed by atoms with van der Waals surface area (Å²) < 4.78 is 51.4. The highest BCUT2D eigenvalue weighted by Crippen LogP contribution is 2.35. The first-order valence-corrected chi connectivity index (χ1v) is 16.8. The number of nitrogens with one attached hydrogen (secondary N) is 2. The number of carbonyl (C=O) groups excluding carboxylic acids is 1. The lowest BCUT2D eigenvalue weighted by atomic mass is 10.0. The number of piperazine rings is 1. The molecule has 2 N–H and O–H groups in total. The molecule has 3 aromatic heterocycles. The van der Waals surface area contributed by atoms with Crippen molar-refractivity contribution in [1.82, 2.24) is 29.0 Å². The van der Waals surface area contributed by atoms with E-state index in [0.717, 1.165) is 42.5 Å². The summed E-state index contributed by atoms with van der Waals surface area (Å²) in [6.45, 7) is 7.71. The van der Waals surface area contributed by atoms with Crippen LogP contribution in [0.5, 0.6) is 0 Å². The second-order valence-corrected chi connectivity index (χ2v) is 12.9. The molecule has 0 unspecified atom stereocenters. The van der Waals surface area contributed by atoms with Gasteiger partial charge in [-0.1, -0.05) is 18.1 Å². The molecule has 2 aromatic carbocycles. The Morgan fingerprint density at radius 3 is 2.71 bits per heavy atom. The molecule has 4 heterocycles. The van der Waals surface area contributed by atoms with E-state index in [1.54, 1.807) is 37.7 Å². The molecule has 0 spiro atoms. The average Bonchev–Trinajstić information content (AvgIpc) is 3.73. The van der Waals surface area contributed by atoms with Crippen molar-refractivity contribution in [3.8, 4) is 11.8 Å². The maximum Gasteiger partial charge on any atom is 0.416 e. The largest absolute Gasteiger partial charge is 0.416 e. The molecule has 51 heavy (non-hydrogen) atoms. The Balaban J connectivity index is 1.17. The third kappa shape index (κ3) is 8.60. The van der Waals surface area contributed by atoms with Crippen LogP contribution in [0.2, 0.25) is 0 Å². The fourth-order valence-electron chi connectivity index (χ4n) is 6.07. The number of benzene rings is 2. The first kappa shape index (κ1) is 35.7. The number of aromatic nitrogens is 4. The quantitative estimate of drug-likeness (QED) is 0.128. The van der Waals surface area contributed by atoms with Gasteiger partial charge in [-0.25, -0.2) is 4.98 Å². The Kier molecular flexibility index (Phi) is 10.8. The van der Waals surface area contributed by atoms with Gasteiger partial charge in [-0.05, 0) is 80.8 Å². The predicted molar refractivity (Wildman–Crippen MR) is 191 cm³/mol. The summed E-state index contributed by atoms with van der Waals surface area (Å²) in [7, 11) is 3.69. The van der Waals surface area contributed by atoms with Crippen LogP contribution in [0.1, 0.15) is 51.7 Å². The minimum Gasteiger partial charge on any atom is -0.385 e. The molecule has 0 aliphatic carbocycles. The summed E-state index contributed by atoms with van der Waals surface area (Å²) in [5.74, 6) is 5.79. The lowest BCUT2D eigenvalue weighted by molar-refractivity contribution is -0.138. The molecule has 5 aromatic rings. The summed E-state index contributed by atoms with van der Waals surface area (Å²) in [6, 6.07) is 13.1. The average molecular weight is 699 g/mol. The maximum atomic E-state index is 14.2. The zero-order valence-corrected chi connectivity index (χ0v) is 29.1.